The Kier molecular flexibility index (Phi) is 10.4. The molecule has 2 aromatic rings. The van der Waals surface area contributed by atoms with Gasteiger partial charge in [-0.1, -0.05) is 26.0 Å². The van der Waals surface area contributed by atoms with Gasteiger partial charge in [-0.25, -0.2) is 4.79 Å². The molecule has 0 aliphatic carbocycles. The van der Waals surface area contributed by atoms with Gasteiger partial charge in [0.15, 0.2) is 11.5 Å². The van der Waals surface area contributed by atoms with Crippen LogP contribution in [0, 0.1) is 0 Å². The Morgan fingerprint density at radius 1 is 0.833 bits per heavy atom. The fourth-order valence-corrected chi connectivity index (χ4v) is 2.55. The monoisotopic (exact) mass is 416 g/mol. The first-order chi connectivity index (χ1) is 14.7. The number of anilines is 1. The molecule has 0 aromatic heterocycles. The van der Waals surface area contributed by atoms with Crippen molar-refractivity contribution in [1.29, 1.82) is 0 Å². The van der Waals surface area contributed by atoms with Crippen molar-refractivity contribution >= 4 is 11.7 Å². The van der Waals surface area contributed by atoms with Crippen LogP contribution in [0.15, 0.2) is 42.5 Å². The first kappa shape index (κ1) is 23.3. The number of hydrogen-bond acceptors (Lipinski definition) is 5. The van der Waals surface area contributed by atoms with Gasteiger partial charge in [-0.05, 0) is 42.7 Å². The minimum atomic E-state index is -0.293. The van der Waals surface area contributed by atoms with E-state index in [1.165, 1.54) is 0 Å². The van der Waals surface area contributed by atoms with Gasteiger partial charge in [0.1, 0.15) is 12.4 Å². The molecule has 2 rings (SSSR count). The number of benzene rings is 2. The molecule has 0 atom stereocenters. The van der Waals surface area contributed by atoms with Crippen molar-refractivity contribution in [1.82, 2.24) is 5.32 Å². The summed E-state index contributed by atoms with van der Waals surface area (Å²) < 4.78 is 22.0. The first-order valence-corrected chi connectivity index (χ1v) is 10.3. The van der Waals surface area contributed by atoms with Crippen molar-refractivity contribution in [2.75, 3.05) is 38.9 Å². The second-order valence-electron chi connectivity index (χ2n) is 6.65. The van der Waals surface area contributed by atoms with Crippen LogP contribution in [0.25, 0.3) is 0 Å². The fourth-order valence-electron chi connectivity index (χ4n) is 2.55. The molecule has 0 fully saturated rings. The number of carbonyl (C=O) groups is 1. The number of carbonyl (C=O) groups excluding carboxylic acids is 1. The maximum atomic E-state index is 12.3. The summed E-state index contributed by atoms with van der Waals surface area (Å²) in [4.78, 5) is 12.3. The molecule has 7 heteroatoms. The van der Waals surface area contributed by atoms with Crippen LogP contribution in [0.3, 0.4) is 0 Å². The normalized spacial score (nSPS) is 10.4. The molecule has 0 unspecified atom stereocenters. The Balaban J connectivity index is 1.87. The first-order valence-electron chi connectivity index (χ1n) is 10.3. The molecule has 164 valence electrons. The van der Waals surface area contributed by atoms with Crippen molar-refractivity contribution in [3.63, 3.8) is 0 Å². The summed E-state index contributed by atoms with van der Waals surface area (Å²) >= 11 is 0. The van der Waals surface area contributed by atoms with Crippen molar-refractivity contribution in [3.05, 3.63) is 48.0 Å². The molecule has 0 bridgehead atoms. The van der Waals surface area contributed by atoms with Crippen LogP contribution >= 0.6 is 0 Å². The van der Waals surface area contributed by atoms with E-state index in [0.29, 0.717) is 50.2 Å². The van der Waals surface area contributed by atoms with E-state index in [1.54, 1.807) is 19.2 Å². The van der Waals surface area contributed by atoms with Gasteiger partial charge in [0.05, 0.1) is 19.8 Å². The van der Waals surface area contributed by atoms with E-state index >= 15 is 0 Å². The Labute approximate surface area is 178 Å². The van der Waals surface area contributed by atoms with Crippen molar-refractivity contribution in [2.45, 2.75) is 33.2 Å². The molecule has 0 aliphatic heterocycles. The summed E-state index contributed by atoms with van der Waals surface area (Å²) in [5.41, 5.74) is 1.61. The highest BCUT2D eigenvalue weighted by molar-refractivity contribution is 5.89. The lowest BCUT2D eigenvalue weighted by molar-refractivity contribution is 0.146. The topological polar surface area (TPSA) is 78.1 Å². The van der Waals surface area contributed by atoms with Crippen LogP contribution in [-0.4, -0.2) is 39.6 Å². The molecule has 2 aromatic carbocycles. The highest BCUT2D eigenvalue weighted by atomic mass is 16.5. The number of amides is 2. The molecule has 0 spiro atoms. The van der Waals surface area contributed by atoms with E-state index in [4.69, 9.17) is 18.9 Å². The molecule has 7 nitrogen and oxygen atoms in total. The molecule has 30 heavy (non-hydrogen) atoms. The van der Waals surface area contributed by atoms with E-state index in [-0.39, 0.29) is 6.03 Å². The van der Waals surface area contributed by atoms with Crippen molar-refractivity contribution < 1.29 is 23.7 Å². The Hall–Kier alpha value is -2.93. The molecule has 2 amide bonds. The average molecular weight is 417 g/mol. The number of methoxy groups -OCH3 is 1. The second-order valence-corrected chi connectivity index (χ2v) is 6.65. The fraction of sp³-hybridized carbons (Fsp3) is 0.435. The quantitative estimate of drug-likeness (QED) is 0.466. The number of ether oxygens (including phenoxy) is 4. The van der Waals surface area contributed by atoms with Gasteiger partial charge in [-0.2, -0.15) is 0 Å². The minimum Gasteiger partial charge on any atom is -0.491 e. The lowest BCUT2D eigenvalue weighted by atomic mass is 10.2. The zero-order valence-corrected chi connectivity index (χ0v) is 18.0. The average Bonchev–Trinajstić information content (AvgIpc) is 2.76. The molecular weight excluding hydrogens is 384 g/mol. The minimum absolute atomic E-state index is 0.293. The van der Waals surface area contributed by atoms with Crippen LogP contribution in [0.4, 0.5) is 10.5 Å². The van der Waals surface area contributed by atoms with Gasteiger partial charge in [-0.15, -0.1) is 0 Å². The number of urea groups is 1. The Bertz CT molecular complexity index is 765. The van der Waals surface area contributed by atoms with Gasteiger partial charge in [0.2, 0.25) is 0 Å². The van der Waals surface area contributed by atoms with Gasteiger partial charge >= 0.3 is 6.03 Å². The maximum Gasteiger partial charge on any atom is 0.319 e. The lowest BCUT2D eigenvalue weighted by Crippen LogP contribution is -2.28. The number of rotatable bonds is 13. The van der Waals surface area contributed by atoms with E-state index in [9.17, 15) is 4.79 Å². The number of nitrogens with one attached hydrogen (secondary N) is 2. The van der Waals surface area contributed by atoms with Gasteiger partial charge in [-0.3, -0.25) is 0 Å². The smallest absolute Gasteiger partial charge is 0.319 e. The molecule has 0 radical (unpaired) electrons. The van der Waals surface area contributed by atoms with Crippen LogP contribution in [0.5, 0.6) is 17.2 Å². The van der Waals surface area contributed by atoms with Crippen LogP contribution in [-0.2, 0) is 11.3 Å². The summed E-state index contributed by atoms with van der Waals surface area (Å²) in [6.07, 6.45) is 1.80. The van der Waals surface area contributed by atoms with Gasteiger partial charge in [0, 0.05) is 25.4 Å². The Morgan fingerprint density at radius 2 is 1.53 bits per heavy atom. The third-order valence-corrected chi connectivity index (χ3v) is 4.06. The van der Waals surface area contributed by atoms with Gasteiger partial charge in [0.25, 0.3) is 0 Å². The summed E-state index contributed by atoms with van der Waals surface area (Å²) in [6.45, 7) is 6.74. The highest BCUT2D eigenvalue weighted by Gasteiger charge is 2.09. The van der Waals surface area contributed by atoms with Crippen LogP contribution < -0.4 is 24.8 Å². The predicted octanol–water partition coefficient (Wildman–Crippen LogP) is 4.61. The third-order valence-electron chi connectivity index (χ3n) is 4.06. The molecule has 2 N–H and O–H groups in total. The lowest BCUT2D eigenvalue weighted by Gasteiger charge is -2.14. The molecule has 0 saturated heterocycles. The maximum absolute atomic E-state index is 12.3. The molecular formula is C23H32N2O5. The molecule has 0 aliphatic rings. The summed E-state index contributed by atoms with van der Waals surface area (Å²) in [7, 11) is 1.64. The second kappa shape index (κ2) is 13.3. The SMILES string of the molecule is CCCOc1ccc(NC(=O)NCc2ccc(OCCOC)cc2)cc1OCCC. The summed E-state index contributed by atoms with van der Waals surface area (Å²) in [6, 6.07) is 12.7. The molecule has 0 heterocycles. The third kappa shape index (κ3) is 8.21. The van der Waals surface area contributed by atoms with E-state index < -0.39 is 0 Å². The largest absolute Gasteiger partial charge is 0.491 e. The Morgan fingerprint density at radius 3 is 2.20 bits per heavy atom. The van der Waals surface area contributed by atoms with Crippen LogP contribution in [0.2, 0.25) is 0 Å². The molecule has 0 saturated carbocycles. The standard InChI is InChI=1S/C23H32N2O5/c1-4-12-29-21-11-8-19(16-22(21)30-13-5-2)25-23(26)24-17-18-6-9-20(10-7-18)28-15-14-27-3/h6-11,16H,4-5,12-15,17H2,1-3H3,(H2,24,25,26). The van der Waals surface area contributed by atoms with Gasteiger partial charge < -0.3 is 29.6 Å². The van der Waals surface area contributed by atoms with E-state index in [2.05, 4.69) is 17.6 Å². The zero-order valence-electron chi connectivity index (χ0n) is 18.0. The van der Waals surface area contributed by atoms with Crippen LogP contribution in [0.1, 0.15) is 32.3 Å². The summed E-state index contributed by atoms with van der Waals surface area (Å²) in [5, 5.41) is 5.68. The van der Waals surface area contributed by atoms with E-state index in [1.807, 2.05) is 37.3 Å². The van der Waals surface area contributed by atoms with Crippen molar-refractivity contribution in [3.8, 4) is 17.2 Å². The summed E-state index contributed by atoms with van der Waals surface area (Å²) in [5.74, 6) is 2.08. The van der Waals surface area contributed by atoms with Crippen molar-refractivity contribution in [2.24, 2.45) is 0 Å². The highest BCUT2D eigenvalue weighted by Crippen LogP contribution is 2.31. The predicted molar refractivity (Wildman–Crippen MR) is 118 cm³/mol. The number of hydrogen-bond donors (Lipinski definition) is 2. The zero-order chi connectivity index (χ0) is 21.6. The van der Waals surface area contributed by atoms with E-state index in [0.717, 1.165) is 24.2 Å².